The van der Waals surface area contributed by atoms with Crippen LogP contribution >= 0.6 is 0 Å². The number of piperidine rings is 1. The number of likely N-dealkylation sites (tertiary alicyclic amines) is 1. The number of benzene rings is 1. The van der Waals surface area contributed by atoms with Crippen LogP contribution in [0.5, 0.6) is 5.75 Å². The van der Waals surface area contributed by atoms with E-state index in [1.807, 2.05) is 24.3 Å². The topological polar surface area (TPSA) is 73.8 Å². The maximum Gasteiger partial charge on any atom is 0.315 e. The normalized spacial score (nSPS) is 27.0. The summed E-state index contributed by atoms with van der Waals surface area (Å²) in [4.78, 5) is 14.5. The first-order chi connectivity index (χ1) is 11.6. The van der Waals surface area contributed by atoms with Crippen molar-refractivity contribution in [3.63, 3.8) is 0 Å². The molecule has 2 amide bonds. The highest BCUT2D eigenvalue weighted by atomic mass is 16.5. The minimum absolute atomic E-state index is 0.257. The highest BCUT2D eigenvalue weighted by molar-refractivity contribution is 5.74. The van der Waals surface area contributed by atoms with Crippen molar-refractivity contribution >= 4 is 6.03 Å². The van der Waals surface area contributed by atoms with Crippen molar-refractivity contribution in [2.75, 3.05) is 32.8 Å². The third-order valence-electron chi connectivity index (χ3n) is 4.81. The number of hydrogen-bond donors (Lipinski definition) is 3. The van der Waals surface area contributed by atoms with E-state index in [1.165, 1.54) is 12.8 Å². The minimum Gasteiger partial charge on any atom is -0.491 e. The molecule has 6 nitrogen and oxygen atoms in total. The lowest BCUT2D eigenvalue weighted by atomic mass is 9.99. The van der Waals surface area contributed by atoms with E-state index >= 15 is 0 Å². The zero-order valence-electron chi connectivity index (χ0n) is 14.2. The first kappa shape index (κ1) is 17.0. The molecular formula is C18H27N3O3. The minimum atomic E-state index is -0.747. The van der Waals surface area contributed by atoms with Crippen LogP contribution in [0.3, 0.4) is 0 Å². The van der Waals surface area contributed by atoms with Crippen molar-refractivity contribution in [1.82, 2.24) is 15.5 Å². The molecule has 0 aromatic heterocycles. The van der Waals surface area contributed by atoms with E-state index in [0.29, 0.717) is 12.3 Å². The molecule has 132 valence electrons. The third-order valence-corrected chi connectivity index (χ3v) is 4.81. The molecule has 2 aliphatic rings. The van der Waals surface area contributed by atoms with Gasteiger partial charge in [0.1, 0.15) is 18.5 Å². The van der Waals surface area contributed by atoms with Crippen LogP contribution in [0.15, 0.2) is 24.3 Å². The largest absolute Gasteiger partial charge is 0.491 e. The molecule has 2 aliphatic heterocycles. The molecule has 0 radical (unpaired) electrons. The molecule has 3 unspecified atom stereocenters. The highest BCUT2D eigenvalue weighted by Crippen LogP contribution is 2.31. The molecule has 0 saturated carbocycles. The summed E-state index contributed by atoms with van der Waals surface area (Å²) in [6, 6.07) is 6.68. The molecule has 3 atom stereocenters. The lowest BCUT2D eigenvalue weighted by molar-refractivity contribution is 0.0773. The Hall–Kier alpha value is -1.79. The van der Waals surface area contributed by atoms with Gasteiger partial charge in [-0.15, -0.1) is 0 Å². The fourth-order valence-electron chi connectivity index (χ4n) is 3.50. The van der Waals surface area contributed by atoms with Crippen LogP contribution in [0.1, 0.15) is 31.4 Å². The summed E-state index contributed by atoms with van der Waals surface area (Å²) in [6.07, 6.45) is 1.78. The van der Waals surface area contributed by atoms with E-state index < -0.39 is 12.1 Å². The number of hydrogen-bond acceptors (Lipinski definition) is 4. The third kappa shape index (κ3) is 4.19. The lowest BCUT2D eigenvalue weighted by Crippen LogP contribution is -2.50. The molecule has 1 aromatic carbocycles. The number of amides is 2. The Morgan fingerprint density at radius 1 is 1.42 bits per heavy atom. The predicted molar refractivity (Wildman–Crippen MR) is 92.1 cm³/mol. The Bertz CT molecular complexity index is 566. The van der Waals surface area contributed by atoms with Crippen LogP contribution in [0, 0.1) is 5.92 Å². The van der Waals surface area contributed by atoms with E-state index in [9.17, 15) is 9.90 Å². The molecular weight excluding hydrogens is 306 g/mol. The van der Waals surface area contributed by atoms with Gasteiger partial charge in [0.15, 0.2) is 0 Å². The van der Waals surface area contributed by atoms with Gasteiger partial charge in [-0.1, -0.05) is 25.1 Å². The highest BCUT2D eigenvalue weighted by Gasteiger charge is 2.30. The number of fused-ring (bicyclic) bond motifs is 1. The molecule has 2 heterocycles. The molecule has 3 rings (SSSR count). The second-order valence-electron chi connectivity index (χ2n) is 6.85. The molecule has 1 saturated heterocycles. The van der Waals surface area contributed by atoms with E-state index in [1.54, 1.807) is 0 Å². The summed E-state index contributed by atoms with van der Waals surface area (Å²) in [7, 11) is 0. The maximum atomic E-state index is 12.1. The molecule has 24 heavy (non-hydrogen) atoms. The molecule has 3 N–H and O–H groups in total. The van der Waals surface area contributed by atoms with Gasteiger partial charge >= 0.3 is 6.03 Å². The molecule has 0 aliphatic carbocycles. The van der Waals surface area contributed by atoms with Crippen LogP contribution in [0.4, 0.5) is 4.79 Å². The van der Waals surface area contributed by atoms with Crippen LogP contribution in [0.2, 0.25) is 0 Å². The quantitative estimate of drug-likeness (QED) is 0.781. The standard InChI is InChI=1S/C18H27N3O3/c1-13-5-4-9-21(11-13)10-8-19-18(23)20-15-12-24-16-7-3-2-6-14(16)17(15)22/h2-3,6-7,13,15,17,22H,4-5,8-12H2,1H3,(H2,19,20,23). The van der Waals surface area contributed by atoms with Gasteiger partial charge in [0.2, 0.25) is 0 Å². The van der Waals surface area contributed by atoms with Crippen molar-refractivity contribution in [3.05, 3.63) is 29.8 Å². The van der Waals surface area contributed by atoms with Gasteiger partial charge in [0.05, 0.1) is 6.04 Å². The molecule has 1 fully saturated rings. The number of para-hydroxylation sites is 1. The van der Waals surface area contributed by atoms with Crippen molar-refractivity contribution in [3.8, 4) is 5.75 Å². The fraction of sp³-hybridized carbons (Fsp3) is 0.611. The van der Waals surface area contributed by atoms with Gasteiger partial charge in [-0.05, 0) is 31.4 Å². The zero-order valence-corrected chi connectivity index (χ0v) is 14.2. The second-order valence-corrected chi connectivity index (χ2v) is 6.85. The second kappa shape index (κ2) is 7.85. The van der Waals surface area contributed by atoms with E-state index in [4.69, 9.17) is 4.74 Å². The Kier molecular flexibility index (Phi) is 5.58. The van der Waals surface area contributed by atoms with Crippen molar-refractivity contribution < 1.29 is 14.6 Å². The number of ether oxygens (including phenoxy) is 1. The van der Waals surface area contributed by atoms with Gasteiger partial charge in [0.25, 0.3) is 0 Å². The number of carbonyl (C=O) groups excluding carboxylic acids is 1. The zero-order chi connectivity index (χ0) is 16.9. The SMILES string of the molecule is CC1CCCN(CCNC(=O)NC2COc3ccccc3C2O)C1. The van der Waals surface area contributed by atoms with Crippen molar-refractivity contribution in [2.24, 2.45) is 5.92 Å². The summed E-state index contributed by atoms with van der Waals surface area (Å²) in [5.74, 6) is 1.42. The summed E-state index contributed by atoms with van der Waals surface area (Å²) in [6.45, 7) is 6.24. The van der Waals surface area contributed by atoms with Crippen molar-refractivity contribution in [1.29, 1.82) is 0 Å². The molecule has 0 spiro atoms. The number of aliphatic hydroxyl groups is 1. The summed E-state index contributed by atoms with van der Waals surface area (Å²) in [5, 5.41) is 16.1. The van der Waals surface area contributed by atoms with E-state index in [0.717, 1.165) is 31.1 Å². The van der Waals surface area contributed by atoms with Crippen LogP contribution in [-0.2, 0) is 0 Å². The number of nitrogens with one attached hydrogen (secondary N) is 2. The van der Waals surface area contributed by atoms with Crippen molar-refractivity contribution in [2.45, 2.75) is 31.9 Å². The number of carbonyl (C=O) groups is 1. The summed E-state index contributed by atoms with van der Waals surface area (Å²) < 4.78 is 5.61. The Morgan fingerprint density at radius 2 is 2.25 bits per heavy atom. The first-order valence-electron chi connectivity index (χ1n) is 8.80. The Balaban J connectivity index is 1.42. The average molecular weight is 333 g/mol. The van der Waals surface area contributed by atoms with Crippen LogP contribution in [-0.4, -0.2) is 54.9 Å². The van der Waals surface area contributed by atoms with Gasteiger partial charge in [-0.25, -0.2) is 4.79 Å². The van der Waals surface area contributed by atoms with Gasteiger partial charge in [-0.3, -0.25) is 0 Å². The van der Waals surface area contributed by atoms with Crippen LogP contribution in [0.25, 0.3) is 0 Å². The number of urea groups is 1. The maximum absolute atomic E-state index is 12.1. The Labute approximate surface area is 143 Å². The smallest absolute Gasteiger partial charge is 0.315 e. The van der Waals surface area contributed by atoms with Crippen LogP contribution < -0.4 is 15.4 Å². The Morgan fingerprint density at radius 3 is 3.08 bits per heavy atom. The lowest BCUT2D eigenvalue weighted by Gasteiger charge is -2.32. The first-order valence-corrected chi connectivity index (χ1v) is 8.80. The van der Waals surface area contributed by atoms with Gasteiger partial charge in [-0.2, -0.15) is 0 Å². The number of nitrogens with zero attached hydrogens (tertiary/aromatic N) is 1. The summed E-state index contributed by atoms with van der Waals surface area (Å²) >= 11 is 0. The van der Waals surface area contributed by atoms with E-state index in [2.05, 4.69) is 22.5 Å². The van der Waals surface area contributed by atoms with Gasteiger partial charge in [0, 0.05) is 25.2 Å². The molecule has 0 bridgehead atoms. The van der Waals surface area contributed by atoms with Gasteiger partial charge < -0.3 is 25.4 Å². The number of rotatable bonds is 4. The fourth-order valence-corrected chi connectivity index (χ4v) is 3.50. The van der Waals surface area contributed by atoms with E-state index in [-0.39, 0.29) is 12.6 Å². The predicted octanol–water partition coefficient (Wildman–Crippen LogP) is 1.51. The monoisotopic (exact) mass is 333 g/mol. The number of aliphatic hydroxyl groups excluding tert-OH is 1. The summed E-state index contributed by atoms with van der Waals surface area (Å²) in [5.41, 5.74) is 0.719. The molecule has 6 heteroatoms. The molecule has 1 aromatic rings. The average Bonchev–Trinajstić information content (AvgIpc) is 2.58.